The van der Waals surface area contributed by atoms with Crippen molar-refractivity contribution in [2.24, 2.45) is 5.92 Å². The van der Waals surface area contributed by atoms with E-state index in [-0.39, 0.29) is 18.2 Å². The first kappa shape index (κ1) is 20.3. The van der Waals surface area contributed by atoms with Crippen molar-refractivity contribution >= 4 is 5.91 Å². The van der Waals surface area contributed by atoms with E-state index in [1.807, 2.05) is 19.1 Å². The molecule has 2 aromatic rings. The van der Waals surface area contributed by atoms with Crippen molar-refractivity contribution in [3.8, 4) is 5.75 Å². The van der Waals surface area contributed by atoms with Crippen LogP contribution in [0.15, 0.2) is 28.9 Å². The Balaban J connectivity index is 1.43. The number of carbonyl (C=O) groups is 1. The number of methoxy groups -OCH3 is 1. The van der Waals surface area contributed by atoms with E-state index in [9.17, 15) is 4.79 Å². The third-order valence-electron chi connectivity index (χ3n) is 4.82. The molecule has 8 heteroatoms. The Morgan fingerprint density at radius 1 is 1.43 bits per heavy atom. The number of rotatable bonds is 9. The molecule has 1 atom stereocenters. The zero-order chi connectivity index (χ0) is 19.8. The summed E-state index contributed by atoms with van der Waals surface area (Å²) in [6, 6.07) is 5.32. The summed E-state index contributed by atoms with van der Waals surface area (Å²) in [5, 5.41) is 6.82. The number of hydrogen-bond acceptors (Lipinski definition) is 7. The van der Waals surface area contributed by atoms with Gasteiger partial charge < -0.3 is 24.2 Å². The number of piperidine rings is 1. The molecule has 1 amide bonds. The van der Waals surface area contributed by atoms with Crippen molar-refractivity contribution in [2.45, 2.75) is 26.4 Å². The van der Waals surface area contributed by atoms with Gasteiger partial charge in [0.25, 0.3) is 5.91 Å². The number of likely N-dealkylation sites (tertiary alicyclic amines) is 1. The van der Waals surface area contributed by atoms with Gasteiger partial charge in [0, 0.05) is 38.5 Å². The molecule has 28 heavy (non-hydrogen) atoms. The molecular formula is C20H28N4O4. The SMILES string of the molecule is COCCN1CCC[C@H](CNC(=O)c2cc(COc3ccc(C)nc3)on2)C1. The number of aryl methyl sites for hydroxylation is 1. The summed E-state index contributed by atoms with van der Waals surface area (Å²) in [4.78, 5) is 18.9. The summed E-state index contributed by atoms with van der Waals surface area (Å²) >= 11 is 0. The lowest BCUT2D eigenvalue weighted by Crippen LogP contribution is -2.42. The maximum atomic E-state index is 12.3. The molecule has 0 radical (unpaired) electrons. The molecule has 3 rings (SSSR count). The normalized spacial score (nSPS) is 17.4. The van der Waals surface area contributed by atoms with E-state index in [2.05, 4.69) is 20.4 Å². The van der Waals surface area contributed by atoms with Gasteiger partial charge in [0.15, 0.2) is 11.5 Å². The van der Waals surface area contributed by atoms with Crippen LogP contribution in [0.3, 0.4) is 0 Å². The van der Waals surface area contributed by atoms with Gasteiger partial charge in [-0.3, -0.25) is 9.78 Å². The third-order valence-corrected chi connectivity index (χ3v) is 4.82. The van der Waals surface area contributed by atoms with Crippen LogP contribution in [0.2, 0.25) is 0 Å². The quantitative estimate of drug-likeness (QED) is 0.703. The molecule has 0 spiro atoms. The van der Waals surface area contributed by atoms with E-state index >= 15 is 0 Å². The van der Waals surface area contributed by atoms with E-state index in [4.69, 9.17) is 14.0 Å². The van der Waals surface area contributed by atoms with Gasteiger partial charge in [-0.2, -0.15) is 0 Å². The Bertz CT molecular complexity index is 747. The second-order valence-corrected chi connectivity index (χ2v) is 7.11. The van der Waals surface area contributed by atoms with Gasteiger partial charge in [0.2, 0.25) is 0 Å². The summed E-state index contributed by atoms with van der Waals surface area (Å²) in [5.74, 6) is 1.36. The molecule has 1 N–H and O–H groups in total. The van der Waals surface area contributed by atoms with Crippen LogP contribution in [-0.4, -0.2) is 60.8 Å². The van der Waals surface area contributed by atoms with Crippen LogP contribution in [0.4, 0.5) is 0 Å². The Hall–Kier alpha value is -2.45. The van der Waals surface area contributed by atoms with Crippen LogP contribution in [0, 0.1) is 12.8 Å². The highest BCUT2D eigenvalue weighted by atomic mass is 16.5. The Labute approximate surface area is 165 Å². The Kier molecular flexibility index (Phi) is 7.39. The zero-order valence-electron chi connectivity index (χ0n) is 16.5. The van der Waals surface area contributed by atoms with Crippen LogP contribution in [0.25, 0.3) is 0 Å². The van der Waals surface area contributed by atoms with E-state index in [0.717, 1.165) is 44.8 Å². The monoisotopic (exact) mass is 388 g/mol. The maximum absolute atomic E-state index is 12.3. The van der Waals surface area contributed by atoms with E-state index < -0.39 is 0 Å². The summed E-state index contributed by atoms with van der Waals surface area (Å²) in [5.41, 5.74) is 1.19. The van der Waals surface area contributed by atoms with Gasteiger partial charge in [-0.25, -0.2) is 0 Å². The number of nitrogens with zero attached hydrogens (tertiary/aromatic N) is 3. The van der Waals surface area contributed by atoms with E-state index in [0.29, 0.717) is 24.0 Å². The number of nitrogens with one attached hydrogen (secondary N) is 1. The molecule has 0 saturated carbocycles. The summed E-state index contributed by atoms with van der Waals surface area (Å²) < 4.78 is 15.9. The molecule has 1 aliphatic heterocycles. The predicted octanol–water partition coefficient (Wildman–Crippen LogP) is 2.05. The number of ether oxygens (including phenoxy) is 2. The van der Waals surface area contributed by atoms with Crippen LogP contribution in [0.1, 0.15) is 34.8 Å². The Morgan fingerprint density at radius 2 is 2.32 bits per heavy atom. The molecule has 0 unspecified atom stereocenters. The fourth-order valence-electron chi connectivity index (χ4n) is 3.25. The van der Waals surface area contributed by atoms with Crippen molar-refractivity contribution in [1.29, 1.82) is 0 Å². The lowest BCUT2D eigenvalue weighted by atomic mass is 9.98. The topological polar surface area (TPSA) is 89.7 Å². The minimum atomic E-state index is -0.221. The highest BCUT2D eigenvalue weighted by Crippen LogP contribution is 2.16. The van der Waals surface area contributed by atoms with Crippen molar-refractivity contribution in [3.63, 3.8) is 0 Å². The van der Waals surface area contributed by atoms with Crippen molar-refractivity contribution in [1.82, 2.24) is 20.4 Å². The lowest BCUT2D eigenvalue weighted by Gasteiger charge is -2.32. The van der Waals surface area contributed by atoms with Crippen molar-refractivity contribution < 1.29 is 18.8 Å². The predicted molar refractivity (Wildman–Crippen MR) is 103 cm³/mol. The van der Waals surface area contributed by atoms with Gasteiger partial charge in [0.05, 0.1) is 12.8 Å². The molecule has 8 nitrogen and oxygen atoms in total. The second kappa shape index (κ2) is 10.2. The van der Waals surface area contributed by atoms with E-state index in [1.165, 1.54) is 0 Å². The molecule has 3 heterocycles. The first-order valence-corrected chi connectivity index (χ1v) is 9.64. The molecule has 2 aromatic heterocycles. The molecule has 0 aromatic carbocycles. The van der Waals surface area contributed by atoms with Gasteiger partial charge in [-0.05, 0) is 44.4 Å². The zero-order valence-corrected chi connectivity index (χ0v) is 16.5. The van der Waals surface area contributed by atoms with Gasteiger partial charge in [-0.1, -0.05) is 5.16 Å². The summed E-state index contributed by atoms with van der Waals surface area (Å²) in [6.45, 7) is 6.49. The fourth-order valence-corrected chi connectivity index (χ4v) is 3.25. The number of hydrogen-bond donors (Lipinski definition) is 1. The minimum absolute atomic E-state index is 0.197. The van der Waals surface area contributed by atoms with Crippen LogP contribution in [-0.2, 0) is 11.3 Å². The van der Waals surface area contributed by atoms with Crippen LogP contribution < -0.4 is 10.1 Å². The summed E-state index contributed by atoms with van der Waals surface area (Å²) in [6.07, 6.45) is 3.91. The largest absolute Gasteiger partial charge is 0.484 e. The average Bonchev–Trinajstić information content (AvgIpc) is 3.19. The average molecular weight is 388 g/mol. The van der Waals surface area contributed by atoms with E-state index in [1.54, 1.807) is 19.4 Å². The smallest absolute Gasteiger partial charge is 0.273 e. The standard InChI is InChI=1S/C20H28N4O4/c1-15-5-6-17(12-21-15)27-14-18-10-19(23-28-18)20(25)22-11-16-4-3-7-24(13-16)8-9-26-2/h5-6,10,12,16H,3-4,7-9,11,13-14H2,1-2H3,(H,22,25)/t16-/m1/s1. The third kappa shape index (κ3) is 6.03. The fraction of sp³-hybridized carbons (Fsp3) is 0.550. The van der Waals surface area contributed by atoms with Gasteiger partial charge >= 0.3 is 0 Å². The van der Waals surface area contributed by atoms with Crippen molar-refractivity contribution in [2.75, 3.05) is 39.9 Å². The second-order valence-electron chi connectivity index (χ2n) is 7.11. The first-order chi connectivity index (χ1) is 13.6. The van der Waals surface area contributed by atoms with Crippen LogP contribution >= 0.6 is 0 Å². The first-order valence-electron chi connectivity index (χ1n) is 9.64. The highest BCUT2D eigenvalue weighted by Gasteiger charge is 2.21. The summed E-state index contributed by atoms with van der Waals surface area (Å²) in [7, 11) is 1.72. The molecule has 0 aliphatic carbocycles. The van der Waals surface area contributed by atoms with Gasteiger partial charge in [0.1, 0.15) is 12.4 Å². The lowest BCUT2D eigenvalue weighted by molar-refractivity contribution is 0.0904. The molecule has 0 bridgehead atoms. The number of pyridine rings is 1. The van der Waals surface area contributed by atoms with Gasteiger partial charge in [-0.15, -0.1) is 0 Å². The maximum Gasteiger partial charge on any atom is 0.273 e. The highest BCUT2D eigenvalue weighted by molar-refractivity contribution is 5.92. The molecule has 1 fully saturated rings. The number of aromatic nitrogens is 2. The number of carbonyl (C=O) groups excluding carboxylic acids is 1. The minimum Gasteiger partial charge on any atom is -0.484 e. The molecule has 152 valence electrons. The van der Waals surface area contributed by atoms with Crippen molar-refractivity contribution in [3.05, 3.63) is 41.5 Å². The van der Waals surface area contributed by atoms with Crippen LogP contribution in [0.5, 0.6) is 5.75 Å². The Morgan fingerprint density at radius 3 is 3.11 bits per heavy atom. The number of amides is 1. The molecular weight excluding hydrogens is 360 g/mol. The molecule has 1 saturated heterocycles. The molecule has 1 aliphatic rings.